The fourth-order valence-corrected chi connectivity index (χ4v) is 11.0. The highest BCUT2D eigenvalue weighted by atomic mass is 16.5. The molecular formula is C31H48O3. The molecule has 3 nitrogen and oxygen atoms in total. The molecule has 190 valence electrons. The van der Waals surface area contributed by atoms with E-state index in [1.807, 2.05) is 0 Å². The molecule has 0 amide bonds. The molecule has 4 saturated carbocycles. The molecule has 0 aromatic carbocycles. The zero-order valence-corrected chi connectivity index (χ0v) is 23.1. The van der Waals surface area contributed by atoms with Gasteiger partial charge in [-0.05, 0) is 96.7 Å². The highest BCUT2D eigenvalue weighted by molar-refractivity contribution is 5.85. The predicted octanol–water partition coefficient (Wildman–Crippen LogP) is 7.39. The lowest BCUT2D eigenvalue weighted by atomic mass is 9.33. The molecule has 0 bridgehead atoms. The SMILES string of the molecule is COC(=O)C1CCC2(C)CCC3(C)C(=CCC4C5(C)CCC(=O)C(C)(C)C5CCC43C)C2C1C. The lowest BCUT2D eigenvalue weighted by molar-refractivity contribution is -0.186. The van der Waals surface area contributed by atoms with Gasteiger partial charge in [0.05, 0.1) is 13.0 Å². The Labute approximate surface area is 207 Å². The molecule has 9 unspecified atom stereocenters. The third kappa shape index (κ3) is 2.88. The number of ether oxygens (including phenoxy) is 1. The van der Waals surface area contributed by atoms with Crippen molar-refractivity contribution in [2.45, 2.75) is 106 Å². The van der Waals surface area contributed by atoms with Gasteiger partial charge in [-0.15, -0.1) is 0 Å². The normalized spacial score (nSPS) is 51.8. The van der Waals surface area contributed by atoms with Gasteiger partial charge in [-0.25, -0.2) is 0 Å². The molecule has 0 radical (unpaired) electrons. The van der Waals surface area contributed by atoms with Crippen molar-refractivity contribution in [3.63, 3.8) is 0 Å². The van der Waals surface area contributed by atoms with E-state index in [2.05, 4.69) is 54.5 Å². The van der Waals surface area contributed by atoms with Crippen molar-refractivity contribution >= 4 is 11.8 Å². The average molecular weight is 469 g/mol. The summed E-state index contributed by atoms with van der Waals surface area (Å²) in [5.74, 6) is 2.41. The van der Waals surface area contributed by atoms with E-state index in [0.29, 0.717) is 34.9 Å². The highest BCUT2D eigenvalue weighted by Crippen LogP contribution is 2.75. The van der Waals surface area contributed by atoms with E-state index in [0.717, 1.165) is 32.1 Å². The van der Waals surface area contributed by atoms with Crippen molar-refractivity contribution in [2.75, 3.05) is 7.11 Å². The molecule has 5 aliphatic carbocycles. The van der Waals surface area contributed by atoms with Gasteiger partial charge in [0.15, 0.2) is 0 Å². The molecule has 0 heterocycles. The van der Waals surface area contributed by atoms with Crippen LogP contribution < -0.4 is 0 Å². The lowest BCUT2D eigenvalue weighted by Crippen LogP contribution is -2.64. The van der Waals surface area contributed by atoms with E-state index < -0.39 is 0 Å². The molecule has 9 atom stereocenters. The third-order valence-corrected chi connectivity index (χ3v) is 13.2. The first-order chi connectivity index (χ1) is 15.8. The minimum atomic E-state index is -0.198. The number of hydrogen-bond acceptors (Lipinski definition) is 3. The number of carbonyl (C=O) groups excluding carboxylic acids is 2. The summed E-state index contributed by atoms with van der Waals surface area (Å²) in [6.07, 6.45) is 12.6. The smallest absolute Gasteiger partial charge is 0.308 e. The van der Waals surface area contributed by atoms with E-state index in [9.17, 15) is 9.59 Å². The maximum Gasteiger partial charge on any atom is 0.308 e. The Morgan fingerprint density at radius 2 is 1.65 bits per heavy atom. The average Bonchev–Trinajstić information content (AvgIpc) is 2.77. The summed E-state index contributed by atoms with van der Waals surface area (Å²) in [6, 6.07) is 0. The van der Waals surface area contributed by atoms with Crippen LogP contribution in [0.4, 0.5) is 0 Å². The number of Topliss-reactive ketones (excluding diaryl/α,β-unsaturated/α-hetero) is 1. The Morgan fingerprint density at radius 1 is 0.941 bits per heavy atom. The second-order valence-electron chi connectivity index (χ2n) is 14.6. The van der Waals surface area contributed by atoms with Crippen LogP contribution in [-0.4, -0.2) is 18.9 Å². The number of fused-ring (bicyclic) bond motifs is 7. The van der Waals surface area contributed by atoms with E-state index in [1.54, 1.807) is 12.7 Å². The van der Waals surface area contributed by atoms with Crippen molar-refractivity contribution in [3.8, 4) is 0 Å². The summed E-state index contributed by atoms with van der Waals surface area (Å²) in [7, 11) is 1.55. The molecule has 5 rings (SSSR count). The van der Waals surface area contributed by atoms with Crippen LogP contribution in [0.2, 0.25) is 0 Å². The van der Waals surface area contributed by atoms with Crippen molar-refractivity contribution in [2.24, 2.45) is 56.7 Å². The number of hydrogen-bond donors (Lipinski definition) is 0. The van der Waals surface area contributed by atoms with Crippen LogP contribution in [0, 0.1) is 56.7 Å². The molecule has 0 aliphatic heterocycles. The summed E-state index contributed by atoms with van der Waals surface area (Å²) in [5.41, 5.74) is 2.41. The van der Waals surface area contributed by atoms with Crippen LogP contribution in [0.5, 0.6) is 0 Å². The molecule has 0 N–H and O–H groups in total. The minimum absolute atomic E-state index is 0.00977. The number of rotatable bonds is 1. The van der Waals surface area contributed by atoms with Crippen LogP contribution >= 0.6 is 0 Å². The zero-order chi connectivity index (χ0) is 24.9. The Morgan fingerprint density at radius 3 is 2.32 bits per heavy atom. The zero-order valence-electron chi connectivity index (χ0n) is 23.1. The molecular weight excluding hydrogens is 420 g/mol. The largest absolute Gasteiger partial charge is 0.469 e. The van der Waals surface area contributed by atoms with E-state index in [1.165, 1.54) is 25.7 Å². The van der Waals surface area contributed by atoms with Crippen molar-refractivity contribution < 1.29 is 14.3 Å². The van der Waals surface area contributed by atoms with E-state index in [-0.39, 0.29) is 33.5 Å². The molecule has 0 saturated heterocycles. The first kappa shape index (κ1) is 24.6. The van der Waals surface area contributed by atoms with E-state index in [4.69, 9.17) is 4.74 Å². The van der Waals surface area contributed by atoms with Gasteiger partial charge in [0, 0.05) is 11.8 Å². The fourth-order valence-electron chi connectivity index (χ4n) is 11.0. The van der Waals surface area contributed by atoms with E-state index >= 15 is 0 Å². The Kier molecular flexibility index (Phi) is 5.38. The van der Waals surface area contributed by atoms with Crippen molar-refractivity contribution in [3.05, 3.63) is 11.6 Å². The van der Waals surface area contributed by atoms with Gasteiger partial charge in [-0.1, -0.05) is 60.1 Å². The number of esters is 1. The van der Waals surface area contributed by atoms with Crippen LogP contribution in [0.1, 0.15) is 106 Å². The van der Waals surface area contributed by atoms with Crippen LogP contribution in [0.15, 0.2) is 11.6 Å². The maximum absolute atomic E-state index is 12.9. The van der Waals surface area contributed by atoms with Gasteiger partial charge in [0.2, 0.25) is 0 Å². The summed E-state index contributed by atoms with van der Waals surface area (Å²) in [4.78, 5) is 25.6. The standard InChI is InChI=1S/C31H48O3/c1-19-20(26(33)34-8)11-14-28(4)17-18-30(6)21(25(19)28)9-10-23-29(5)15-13-24(32)27(2,3)22(29)12-16-31(23,30)7/h9,19-20,22-23,25H,10-18H2,1-8H3. The molecule has 0 aromatic rings. The fraction of sp³-hybridized carbons (Fsp3) is 0.871. The summed E-state index contributed by atoms with van der Waals surface area (Å²) < 4.78 is 5.25. The summed E-state index contributed by atoms with van der Waals surface area (Å²) in [6.45, 7) is 17.0. The Hall–Kier alpha value is -1.12. The Bertz CT molecular complexity index is 931. The monoisotopic (exact) mass is 468 g/mol. The predicted molar refractivity (Wildman–Crippen MR) is 136 cm³/mol. The van der Waals surface area contributed by atoms with Crippen molar-refractivity contribution in [1.29, 1.82) is 0 Å². The highest BCUT2D eigenvalue weighted by Gasteiger charge is 2.68. The first-order valence-electron chi connectivity index (χ1n) is 14.1. The second-order valence-corrected chi connectivity index (χ2v) is 14.6. The third-order valence-electron chi connectivity index (χ3n) is 13.2. The molecule has 0 aromatic heterocycles. The number of carbonyl (C=O) groups is 2. The summed E-state index contributed by atoms with van der Waals surface area (Å²) in [5, 5.41) is 0. The van der Waals surface area contributed by atoms with Gasteiger partial charge in [-0.3, -0.25) is 9.59 Å². The van der Waals surface area contributed by atoms with Crippen LogP contribution in [0.3, 0.4) is 0 Å². The van der Waals surface area contributed by atoms with Gasteiger partial charge in [0.1, 0.15) is 5.78 Å². The molecule has 3 heteroatoms. The van der Waals surface area contributed by atoms with Crippen LogP contribution in [0.25, 0.3) is 0 Å². The number of allylic oxidation sites excluding steroid dienone is 2. The lowest BCUT2D eigenvalue weighted by Gasteiger charge is -2.71. The second kappa shape index (κ2) is 7.45. The minimum Gasteiger partial charge on any atom is -0.469 e. The molecule has 4 fully saturated rings. The molecule has 0 spiro atoms. The quantitative estimate of drug-likeness (QED) is 0.298. The maximum atomic E-state index is 12.9. The van der Waals surface area contributed by atoms with Gasteiger partial charge in [-0.2, -0.15) is 0 Å². The van der Waals surface area contributed by atoms with Crippen molar-refractivity contribution in [1.82, 2.24) is 0 Å². The van der Waals surface area contributed by atoms with Gasteiger partial charge in [0.25, 0.3) is 0 Å². The molecule has 5 aliphatic rings. The Balaban J connectivity index is 1.58. The number of ketones is 1. The van der Waals surface area contributed by atoms with Gasteiger partial charge >= 0.3 is 5.97 Å². The number of methoxy groups -OCH3 is 1. The first-order valence-corrected chi connectivity index (χ1v) is 14.1. The van der Waals surface area contributed by atoms with Gasteiger partial charge < -0.3 is 4.74 Å². The summed E-state index contributed by atoms with van der Waals surface area (Å²) >= 11 is 0. The topological polar surface area (TPSA) is 43.4 Å². The van der Waals surface area contributed by atoms with Crippen LogP contribution in [-0.2, 0) is 14.3 Å². The molecule has 34 heavy (non-hydrogen) atoms.